The Morgan fingerprint density at radius 1 is 1.38 bits per heavy atom. The second-order valence-corrected chi connectivity index (χ2v) is 4.74. The molecule has 0 bridgehead atoms. The van der Waals surface area contributed by atoms with Crippen LogP contribution >= 0.6 is 11.6 Å². The van der Waals surface area contributed by atoms with Gasteiger partial charge in [-0.15, -0.1) is 0 Å². The monoisotopic (exact) mass is 242 g/mol. The van der Waals surface area contributed by atoms with Crippen LogP contribution in [0.15, 0.2) is 18.2 Å². The molecule has 1 rings (SSSR count). The Balaban J connectivity index is 2.52. The molecule has 0 fully saturated rings. The summed E-state index contributed by atoms with van der Waals surface area (Å²) in [6, 6.07) is 5.86. The van der Waals surface area contributed by atoms with E-state index in [1.54, 1.807) is 0 Å². The van der Waals surface area contributed by atoms with Crippen LogP contribution in [0.2, 0.25) is 5.02 Å². The molecule has 1 aromatic carbocycles. The molecule has 90 valence electrons. The molecule has 0 aliphatic carbocycles. The van der Waals surface area contributed by atoms with Gasteiger partial charge in [0, 0.05) is 11.4 Å². The van der Waals surface area contributed by atoms with E-state index in [1.165, 1.54) is 0 Å². The number of aryl methyl sites for hydroxylation is 1. The van der Waals surface area contributed by atoms with Crippen molar-refractivity contribution in [3.05, 3.63) is 34.3 Å². The predicted octanol–water partition coefficient (Wildman–Crippen LogP) is 2.98. The van der Waals surface area contributed by atoms with E-state index in [0.717, 1.165) is 11.1 Å². The van der Waals surface area contributed by atoms with Crippen molar-refractivity contribution < 1.29 is 9.84 Å². The molecular formula is C13H19ClO2. The Labute approximate surface area is 102 Å². The molecule has 0 spiro atoms. The van der Waals surface area contributed by atoms with Crippen LogP contribution in [-0.2, 0) is 11.2 Å². The highest BCUT2D eigenvalue weighted by Gasteiger charge is 2.09. The number of benzene rings is 1. The molecule has 16 heavy (non-hydrogen) atoms. The first-order valence-electron chi connectivity index (χ1n) is 5.53. The third-order valence-corrected chi connectivity index (χ3v) is 2.64. The SMILES string of the molecule is Cc1ccc(CC(O)COC(C)C)c(Cl)c1. The van der Waals surface area contributed by atoms with Gasteiger partial charge >= 0.3 is 0 Å². The first-order chi connectivity index (χ1) is 7.49. The molecule has 1 atom stereocenters. The summed E-state index contributed by atoms with van der Waals surface area (Å²) in [5.41, 5.74) is 2.09. The highest BCUT2D eigenvalue weighted by Crippen LogP contribution is 2.19. The van der Waals surface area contributed by atoms with E-state index in [0.29, 0.717) is 18.1 Å². The third-order valence-electron chi connectivity index (χ3n) is 2.29. The molecule has 0 aliphatic rings. The van der Waals surface area contributed by atoms with E-state index in [2.05, 4.69) is 0 Å². The fourth-order valence-corrected chi connectivity index (χ4v) is 1.75. The average Bonchev–Trinajstić information content (AvgIpc) is 2.19. The van der Waals surface area contributed by atoms with Gasteiger partial charge in [0.25, 0.3) is 0 Å². The number of ether oxygens (including phenoxy) is 1. The third kappa shape index (κ3) is 4.52. The molecule has 2 nitrogen and oxygen atoms in total. The Morgan fingerprint density at radius 3 is 2.62 bits per heavy atom. The molecule has 3 heteroatoms. The topological polar surface area (TPSA) is 29.5 Å². The molecule has 0 heterocycles. The average molecular weight is 243 g/mol. The number of hydrogen-bond acceptors (Lipinski definition) is 2. The molecule has 0 radical (unpaired) electrons. The van der Waals surface area contributed by atoms with Gasteiger partial charge in [-0.3, -0.25) is 0 Å². The van der Waals surface area contributed by atoms with Crippen molar-refractivity contribution >= 4 is 11.6 Å². The molecule has 1 aromatic rings. The lowest BCUT2D eigenvalue weighted by atomic mass is 10.1. The van der Waals surface area contributed by atoms with Crippen molar-refractivity contribution in [3.63, 3.8) is 0 Å². The second kappa shape index (κ2) is 6.24. The molecule has 0 saturated heterocycles. The van der Waals surface area contributed by atoms with Crippen LogP contribution < -0.4 is 0 Å². The fourth-order valence-electron chi connectivity index (χ4n) is 1.43. The van der Waals surface area contributed by atoms with Gasteiger partial charge in [0.2, 0.25) is 0 Å². The van der Waals surface area contributed by atoms with Gasteiger partial charge in [-0.05, 0) is 38.0 Å². The van der Waals surface area contributed by atoms with Gasteiger partial charge in [-0.1, -0.05) is 23.7 Å². The zero-order valence-electron chi connectivity index (χ0n) is 10.0. The van der Waals surface area contributed by atoms with E-state index in [9.17, 15) is 5.11 Å². The Morgan fingerprint density at radius 2 is 2.06 bits per heavy atom. The second-order valence-electron chi connectivity index (χ2n) is 4.33. The summed E-state index contributed by atoms with van der Waals surface area (Å²) in [6.07, 6.45) is 0.178. The largest absolute Gasteiger partial charge is 0.390 e. The molecule has 0 saturated carbocycles. The summed E-state index contributed by atoms with van der Waals surface area (Å²) in [6.45, 7) is 6.24. The fraction of sp³-hybridized carbons (Fsp3) is 0.538. The van der Waals surface area contributed by atoms with E-state index in [4.69, 9.17) is 16.3 Å². The lowest BCUT2D eigenvalue weighted by Crippen LogP contribution is -2.20. The number of hydrogen-bond donors (Lipinski definition) is 1. The van der Waals surface area contributed by atoms with Crippen LogP contribution in [0.4, 0.5) is 0 Å². The minimum absolute atomic E-state index is 0.142. The van der Waals surface area contributed by atoms with Crippen molar-refractivity contribution in [2.75, 3.05) is 6.61 Å². The Hall–Kier alpha value is -0.570. The van der Waals surface area contributed by atoms with Crippen molar-refractivity contribution in [1.29, 1.82) is 0 Å². The normalized spacial score (nSPS) is 13.1. The van der Waals surface area contributed by atoms with Gasteiger partial charge in [-0.2, -0.15) is 0 Å². The highest BCUT2D eigenvalue weighted by molar-refractivity contribution is 6.31. The van der Waals surface area contributed by atoms with Crippen LogP contribution in [0, 0.1) is 6.92 Å². The first-order valence-corrected chi connectivity index (χ1v) is 5.91. The van der Waals surface area contributed by atoms with Crippen LogP contribution in [0.25, 0.3) is 0 Å². The van der Waals surface area contributed by atoms with E-state index < -0.39 is 6.10 Å². The molecule has 0 aliphatic heterocycles. The number of halogens is 1. The van der Waals surface area contributed by atoms with Crippen LogP contribution in [0.5, 0.6) is 0 Å². The smallest absolute Gasteiger partial charge is 0.0814 e. The first kappa shape index (κ1) is 13.5. The van der Waals surface area contributed by atoms with Crippen molar-refractivity contribution in [2.45, 2.75) is 39.4 Å². The Bertz CT molecular complexity index is 337. The minimum atomic E-state index is -0.498. The van der Waals surface area contributed by atoms with Gasteiger partial charge < -0.3 is 9.84 Å². The zero-order chi connectivity index (χ0) is 12.1. The summed E-state index contributed by atoms with van der Waals surface area (Å²) < 4.78 is 5.35. The Kier molecular flexibility index (Phi) is 5.26. The summed E-state index contributed by atoms with van der Waals surface area (Å²) in [5.74, 6) is 0. The molecule has 0 aromatic heterocycles. The minimum Gasteiger partial charge on any atom is -0.390 e. The highest BCUT2D eigenvalue weighted by atomic mass is 35.5. The van der Waals surface area contributed by atoms with Crippen LogP contribution in [-0.4, -0.2) is 23.9 Å². The van der Waals surface area contributed by atoms with Crippen molar-refractivity contribution in [2.24, 2.45) is 0 Å². The summed E-state index contributed by atoms with van der Waals surface area (Å²) in [4.78, 5) is 0. The maximum Gasteiger partial charge on any atom is 0.0814 e. The molecular weight excluding hydrogens is 224 g/mol. The summed E-state index contributed by atoms with van der Waals surface area (Å²) in [7, 11) is 0. The van der Waals surface area contributed by atoms with E-state index in [1.807, 2.05) is 39.0 Å². The van der Waals surface area contributed by atoms with Crippen LogP contribution in [0.3, 0.4) is 0 Å². The predicted molar refractivity (Wildman–Crippen MR) is 67.0 cm³/mol. The zero-order valence-corrected chi connectivity index (χ0v) is 10.8. The van der Waals surface area contributed by atoms with Gasteiger partial charge in [0.05, 0.1) is 18.8 Å². The van der Waals surface area contributed by atoms with E-state index >= 15 is 0 Å². The molecule has 1 N–H and O–H groups in total. The summed E-state index contributed by atoms with van der Waals surface area (Å²) in [5, 5.41) is 10.5. The standard InChI is InChI=1S/C13H19ClO2/c1-9(2)16-8-12(15)7-11-5-4-10(3)6-13(11)14/h4-6,9,12,15H,7-8H2,1-3H3. The van der Waals surface area contributed by atoms with E-state index in [-0.39, 0.29) is 6.10 Å². The van der Waals surface area contributed by atoms with Crippen LogP contribution in [0.1, 0.15) is 25.0 Å². The van der Waals surface area contributed by atoms with Crippen molar-refractivity contribution in [3.8, 4) is 0 Å². The van der Waals surface area contributed by atoms with Gasteiger partial charge in [0.15, 0.2) is 0 Å². The molecule has 1 unspecified atom stereocenters. The quantitative estimate of drug-likeness (QED) is 0.860. The molecule has 0 amide bonds. The maximum atomic E-state index is 9.76. The number of aliphatic hydroxyl groups excluding tert-OH is 1. The van der Waals surface area contributed by atoms with Gasteiger partial charge in [-0.25, -0.2) is 0 Å². The number of aliphatic hydroxyl groups is 1. The number of rotatable bonds is 5. The lowest BCUT2D eigenvalue weighted by Gasteiger charge is -2.14. The summed E-state index contributed by atoms with van der Waals surface area (Å²) >= 11 is 6.08. The van der Waals surface area contributed by atoms with Crippen molar-refractivity contribution in [1.82, 2.24) is 0 Å². The van der Waals surface area contributed by atoms with Gasteiger partial charge in [0.1, 0.15) is 0 Å². The lowest BCUT2D eigenvalue weighted by molar-refractivity contribution is 0.00622. The maximum absolute atomic E-state index is 9.76.